The first-order chi connectivity index (χ1) is 19.6. The number of alkyl halides is 1. The van der Waals surface area contributed by atoms with Crippen molar-refractivity contribution in [3.05, 3.63) is 108 Å². The fraction of sp³-hybridized carbons (Fsp3) is 0.406. The lowest BCUT2D eigenvalue weighted by atomic mass is 9.97. The van der Waals surface area contributed by atoms with Gasteiger partial charge in [0.1, 0.15) is 31.0 Å². The van der Waals surface area contributed by atoms with Crippen LogP contribution in [0.25, 0.3) is 0 Å². The Bertz CT molecular complexity index is 1120. The summed E-state index contributed by atoms with van der Waals surface area (Å²) in [6.45, 7) is 2.93. The van der Waals surface area contributed by atoms with Crippen molar-refractivity contribution in [2.45, 2.75) is 63.9 Å². The SMILES string of the molecule is CC(=O)OC[C@H]1O[C@H](OCCCI)[C@@H](OCc2ccccc2)[C@@H](OCc2ccccc2)[C@@H]1OCc1ccccc1. The molecule has 0 bridgehead atoms. The molecule has 0 unspecified atom stereocenters. The molecule has 0 aliphatic carbocycles. The molecule has 40 heavy (non-hydrogen) atoms. The molecule has 8 heteroatoms. The fourth-order valence-corrected chi connectivity index (χ4v) is 4.78. The Morgan fingerprint density at radius 1 is 0.700 bits per heavy atom. The summed E-state index contributed by atoms with van der Waals surface area (Å²) >= 11 is 2.33. The van der Waals surface area contributed by atoms with Crippen molar-refractivity contribution in [2.75, 3.05) is 17.6 Å². The molecule has 1 saturated heterocycles. The molecule has 0 amide bonds. The third-order valence-electron chi connectivity index (χ3n) is 6.46. The number of ether oxygens (including phenoxy) is 6. The normalized spacial score (nSPS) is 22.6. The van der Waals surface area contributed by atoms with Crippen molar-refractivity contribution in [1.29, 1.82) is 0 Å². The van der Waals surface area contributed by atoms with Crippen LogP contribution in [-0.2, 0) is 53.0 Å². The highest BCUT2D eigenvalue weighted by molar-refractivity contribution is 14.1. The van der Waals surface area contributed by atoms with Crippen LogP contribution in [0.3, 0.4) is 0 Å². The molecule has 0 spiro atoms. The summed E-state index contributed by atoms with van der Waals surface area (Å²) in [7, 11) is 0. The molecule has 1 fully saturated rings. The second kappa shape index (κ2) is 16.8. The third-order valence-corrected chi connectivity index (χ3v) is 7.22. The maximum atomic E-state index is 11.8. The van der Waals surface area contributed by atoms with E-state index in [9.17, 15) is 4.79 Å². The summed E-state index contributed by atoms with van der Waals surface area (Å²) in [4.78, 5) is 11.8. The highest BCUT2D eigenvalue weighted by atomic mass is 127. The molecule has 7 nitrogen and oxygen atoms in total. The summed E-state index contributed by atoms with van der Waals surface area (Å²) in [6.07, 6.45) is -2.23. The average molecular weight is 661 g/mol. The highest BCUT2D eigenvalue weighted by Gasteiger charge is 2.49. The monoisotopic (exact) mass is 660 g/mol. The first kappa shape index (κ1) is 30.6. The number of hydrogen-bond acceptors (Lipinski definition) is 7. The van der Waals surface area contributed by atoms with Crippen molar-refractivity contribution in [1.82, 2.24) is 0 Å². The van der Waals surface area contributed by atoms with Gasteiger partial charge >= 0.3 is 5.97 Å². The quantitative estimate of drug-likeness (QED) is 0.0874. The van der Waals surface area contributed by atoms with E-state index < -0.39 is 36.7 Å². The molecular formula is C32H37IO7. The van der Waals surface area contributed by atoms with E-state index in [-0.39, 0.29) is 6.61 Å². The van der Waals surface area contributed by atoms with Gasteiger partial charge in [0.15, 0.2) is 6.29 Å². The maximum Gasteiger partial charge on any atom is 0.302 e. The summed E-state index contributed by atoms with van der Waals surface area (Å²) in [6, 6.07) is 29.9. The van der Waals surface area contributed by atoms with Gasteiger partial charge < -0.3 is 28.4 Å². The van der Waals surface area contributed by atoms with Crippen molar-refractivity contribution < 1.29 is 33.2 Å². The van der Waals surface area contributed by atoms with E-state index in [4.69, 9.17) is 28.4 Å². The molecule has 5 atom stereocenters. The molecule has 1 heterocycles. The first-order valence-electron chi connectivity index (χ1n) is 13.6. The number of benzene rings is 3. The summed E-state index contributed by atoms with van der Waals surface area (Å²) < 4.78 is 38.6. The number of carbonyl (C=O) groups excluding carboxylic acids is 1. The topological polar surface area (TPSA) is 72.5 Å². The Hall–Kier alpha value is -2.34. The van der Waals surface area contributed by atoms with E-state index in [1.54, 1.807) is 0 Å². The van der Waals surface area contributed by atoms with E-state index in [1.807, 2.05) is 91.0 Å². The van der Waals surface area contributed by atoms with E-state index in [0.717, 1.165) is 27.5 Å². The second-order valence-corrected chi connectivity index (χ2v) is 10.6. The molecule has 3 aromatic rings. The van der Waals surface area contributed by atoms with Crippen LogP contribution in [0.15, 0.2) is 91.0 Å². The Morgan fingerprint density at radius 2 is 1.18 bits per heavy atom. The molecule has 0 aromatic heterocycles. The van der Waals surface area contributed by atoms with Crippen LogP contribution >= 0.6 is 22.6 Å². The van der Waals surface area contributed by atoms with E-state index in [2.05, 4.69) is 22.6 Å². The van der Waals surface area contributed by atoms with Gasteiger partial charge in [0.25, 0.3) is 0 Å². The number of rotatable bonds is 15. The summed E-state index contributed by atoms with van der Waals surface area (Å²) in [5.74, 6) is -0.392. The molecule has 0 N–H and O–H groups in total. The van der Waals surface area contributed by atoms with E-state index in [0.29, 0.717) is 26.4 Å². The minimum atomic E-state index is -0.732. The minimum Gasteiger partial charge on any atom is -0.463 e. The van der Waals surface area contributed by atoms with Crippen molar-refractivity contribution >= 4 is 28.6 Å². The fourth-order valence-electron chi connectivity index (χ4n) is 4.47. The third kappa shape index (κ3) is 9.64. The zero-order valence-electron chi connectivity index (χ0n) is 22.7. The van der Waals surface area contributed by atoms with Gasteiger partial charge in [-0.1, -0.05) is 114 Å². The van der Waals surface area contributed by atoms with Crippen molar-refractivity contribution in [3.8, 4) is 0 Å². The molecule has 1 aliphatic rings. The van der Waals surface area contributed by atoms with Crippen molar-refractivity contribution in [2.24, 2.45) is 0 Å². The number of carbonyl (C=O) groups is 1. The van der Waals surface area contributed by atoms with Gasteiger partial charge in [-0.15, -0.1) is 0 Å². The van der Waals surface area contributed by atoms with Crippen LogP contribution in [0.1, 0.15) is 30.0 Å². The molecule has 0 saturated carbocycles. The van der Waals surface area contributed by atoms with Crippen LogP contribution in [0.5, 0.6) is 0 Å². The lowest BCUT2D eigenvalue weighted by Gasteiger charge is -2.45. The van der Waals surface area contributed by atoms with Gasteiger partial charge in [-0.25, -0.2) is 0 Å². The maximum absolute atomic E-state index is 11.8. The number of hydrogen-bond donors (Lipinski definition) is 0. The largest absolute Gasteiger partial charge is 0.463 e. The van der Waals surface area contributed by atoms with Crippen LogP contribution in [-0.4, -0.2) is 54.3 Å². The van der Waals surface area contributed by atoms with Crippen molar-refractivity contribution in [3.63, 3.8) is 0 Å². The van der Waals surface area contributed by atoms with Gasteiger partial charge in [0, 0.05) is 11.4 Å². The predicted octanol–water partition coefficient (Wildman–Crippen LogP) is 5.87. The first-order valence-corrected chi connectivity index (χ1v) is 15.1. The zero-order chi connectivity index (χ0) is 28.0. The molecule has 4 rings (SSSR count). The lowest BCUT2D eigenvalue weighted by Crippen LogP contribution is -2.62. The van der Waals surface area contributed by atoms with Crippen LogP contribution in [0.2, 0.25) is 0 Å². The second-order valence-electron chi connectivity index (χ2n) is 9.54. The number of halogens is 1. The van der Waals surface area contributed by atoms with Gasteiger partial charge in [0.2, 0.25) is 0 Å². The van der Waals surface area contributed by atoms with Crippen LogP contribution < -0.4 is 0 Å². The molecule has 3 aromatic carbocycles. The Kier molecular flexibility index (Phi) is 12.9. The Balaban J connectivity index is 1.63. The number of esters is 1. The summed E-state index contributed by atoms with van der Waals surface area (Å²) in [5, 5.41) is 0. The average Bonchev–Trinajstić information content (AvgIpc) is 2.99. The Labute approximate surface area is 250 Å². The molecule has 214 valence electrons. The standard InChI is InChI=1S/C32H37IO7/c1-24(34)36-23-28-29(37-20-25-12-5-2-6-13-25)30(38-21-26-14-7-3-8-15-26)31(32(40-28)35-19-11-18-33)39-22-27-16-9-4-10-17-27/h2-10,12-17,28-32H,11,18-23H2,1H3/t28-,29-,30+,31+,32+/m1/s1. The summed E-state index contributed by atoms with van der Waals surface area (Å²) in [5.41, 5.74) is 3.06. The predicted molar refractivity (Wildman–Crippen MR) is 160 cm³/mol. The van der Waals surface area contributed by atoms with E-state index >= 15 is 0 Å². The van der Waals surface area contributed by atoms with E-state index in [1.165, 1.54) is 6.92 Å². The van der Waals surface area contributed by atoms with Gasteiger partial charge in [-0.2, -0.15) is 0 Å². The van der Waals surface area contributed by atoms with Crippen LogP contribution in [0, 0.1) is 0 Å². The lowest BCUT2D eigenvalue weighted by molar-refractivity contribution is -0.327. The Morgan fingerprint density at radius 3 is 1.65 bits per heavy atom. The van der Waals surface area contributed by atoms with Gasteiger partial charge in [-0.3, -0.25) is 4.79 Å². The zero-order valence-corrected chi connectivity index (χ0v) is 24.9. The minimum absolute atomic E-state index is 0.0114. The molecular weight excluding hydrogens is 623 g/mol. The van der Waals surface area contributed by atoms with Gasteiger partial charge in [0.05, 0.1) is 26.4 Å². The molecule has 0 radical (unpaired) electrons. The highest BCUT2D eigenvalue weighted by Crippen LogP contribution is 2.31. The molecule has 1 aliphatic heterocycles. The van der Waals surface area contributed by atoms with Gasteiger partial charge in [-0.05, 0) is 23.1 Å². The smallest absolute Gasteiger partial charge is 0.302 e. The van der Waals surface area contributed by atoms with Crippen LogP contribution in [0.4, 0.5) is 0 Å².